The Balaban J connectivity index is 2.06. The van der Waals surface area contributed by atoms with Crippen molar-refractivity contribution in [3.8, 4) is 5.75 Å². The second-order valence-corrected chi connectivity index (χ2v) is 6.81. The number of anilines is 1. The minimum atomic E-state index is 0.871. The van der Waals surface area contributed by atoms with E-state index in [1.165, 1.54) is 15.4 Å². The van der Waals surface area contributed by atoms with Gasteiger partial charge >= 0.3 is 0 Å². The van der Waals surface area contributed by atoms with Crippen molar-refractivity contribution in [2.24, 2.45) is 0 Å². The van der Waals surface area contributed by atoms with Crippen molar-refractivity contribution in [2.75, 3.05) is 19.5 Å². The van der Waals surface area contributed by atoms with Crippen molar-refractivity contribution in [1.82, 2.24) is 4.98 Å². The molecule has 0 radical (unpaired) electrons. The zero-order valence-corrected chi connectivity index (χ0v) is 16.6. The number of hydrogen-bond donors (Lipinski definition) is 1. The number of allylic oxidation sites excluding steroid dienone is 4. The summed E-state index contributed by atoms with van der Waals surface area (Å²) in [5.41, 5.74) is 2.32. The minimum absolute atomic E-state index is 0.871. The van der Waals surface area contributed by atoms with Crippen molar-refractivity contribution in [1.29, 1.82) is 0 Å². The highest BCUT2D eigenvalue weighted by molar-refractivity contribution is 8.03. The quantitative estimate of drug-likeness (QED) is 0.452. The van der Waals surface area contributed by atoms with Gasteiger partial charge in [0.1, 0.15) is 11.6 Å². The molecule has 1 N–H and O–H groups in total. The third kappa shape index (κ3) is 6.12. The molecule has 136 valence electrons. The molecular weight excluding hydrogens is 340 g/mol. The number of rotatable bonds is 8. The summed E-state index contributed by atoms with van der Waals surface area (Å²) >= 11 is 1.76. The van der Waals surface area contributed by atoms with Crippen LogP contribution in [0.3, 0.4) is 0 Å². The topological polar surface area (TPSA) is 34.2 Å². The van der Waals surface area contributed by atoms with E-state index in [2.05, 4.69) is 54.5 Å². The molecule has 0 aliphatic heterocycles. The third-order valence-corrected chi connectivity index (χ3v) is 4.93. The zero-order valence-electron chi connectivity index (χ0n) is 15.8. The molecule has 2 aromatic rings. The van der Waals surface area contributed by atoms with Crippen LogP contribution in [0, 0.1) is 6.92 Å². The predicted molar refractivity (Wildman–Crippen MR) is 114 cm³/mol. The number of thioether (sulfide) groups is 1. The molecule has 0 saturated carbocycles. The maximum absolute atomic E-state index is 5.34. The third-order valence-electron chi connectivity index (χ3n) is 3.73. The van der Waals surface area contributed by atoms with Gasteiger partial charge in [-0.1, -0.05) is 49.1 Å². The second-order valence-electron chi connectivity index (χ2n) is 5.69. The van der Waals surface area contributed by atoms with Crippen LogP contribution in [-0.4, -0.2) is 19.1 Å². The van der Waals surface area contributed by atoms with Gasteiger partial charge in [0, 0.05) is 23.0 Å². The number of methoxy groups -OCH3 is 1. The molecule has 1 aromatic heterocycles. The van der Waals surface area contributed by atoms with Gasteiger partial charge in [-0.25, -0.2) is 4.98 Å². The van der Waals surface area contributed by atoms with E-state index in [4.69, 9.17) is 4.74 Å². The Morgan fingerprint density at radius 3 is 2.73 bits per heavy atom. The molecule has 0 amide bonds. The maximum atomic E-state index is 5.34. The van der Waals surface area contributed by atoms with Crippen LogP contribution in [-0.2, 0) is 0 Å². The van der Waals surface area contributed by atoms with E-state index in [0.29, 0.717) is 0 Å². The molecule has 3 nitrogen and oxygen atoms in total. The Morgan fingerprint density at radius 1 is 1.23 bits per heavy atom. The van der Waals surface area contributed by atoms with E-state index < -0.39 is 0 Å². The van der Waals surface area contributed by atoms with Gasteiger partial charge in [-0.3, -0.25) is 0 Å². The Morgan fingerprint density at radius 2 is 2.08 bits per heavy atom. The first-order valence-electron chi connectivity index (χ1n) is 8.67. The van der Waals surface area contributed by atoms with Gasteiger partial charge < -0.3 is 10.1 Å². The zero-order chi connectivity index (χ0) is 18.8. The molecule has 1 aromatic carbocycles. The molecule has 0 bridgehead atoms. The van der Waals surface area contributed by atoms with E-state index in [9.17, 15) is 0 Å². The average molecular weight is 367 g/mol. The van der Waals surface area contributed by atoms with E-state index in [0.717, 1.165) is 23.6 Å². The molecule has 0 unspecified atom stereocenters. The number of aromatic nitrogens is 1. The number of benzene rings is 1. The summed E-state index contributed by atoms with van der Waals surface area (Å²) in [7, 11) is 3.56. The molecule has 0 aliphatic rings. The molecule has 0 saturated heterocycles. The van der Waals surface area contributed by atoms with Crippen LogP contribution in [0.2, 0.25) is 0 Å². The molecular formula is C22H26N2OS. The lowest BCUT2D eigenvalue weighted by Crippen LogP contribution is -1.90. The number of hydrogen-bond acceptors (Lipinski definition) is 4. The highest BCUT2D eigenvalue weighted by atomic mass is 32.2. The summed E-state index contributed by atoms with van der Waals surface area (Å²) in [5.74, 6) is 1.76. The maximum Gasteiger partial charge on any atom is 0.125 e. The first-order chi connectivity index (χ1) is 12.7. The van der Waals surface area contributed by atoms with Crippen molar-refractivity contribution in [2.45, 2.75) is 25.2 Å². The first kappa shape index (κ1) is 19.9. The van der Waals surface area contributed by atoms with Gasteiger partial charge in [-0.15, -0.1) is 0 Å². The van der Waals surface area contributed by atoms with Crippen LogP contribution in [0.1, 0.15) is 24.5 Å². The minimum Gasteiger partial charge on any atom is -0.497 e. The van der Waals surface area contributed by atoms with Crippen LogP contribution < -0.4 is 10.1 Å². The lowest BCUT2D eigenvalue weighted by molar-refractivity contribution is 0.413. The monoisotopic (exact) mass is 366 g/mol. The summed E-state index contributed by atoms with van der Waals surface area (Å²) in [6.07, 6.45) is 13.4. The summed E-state index contributed by atoms with van der Waals surface area (Å²) in [6, 6.07) is 10.2. The van der Waals surface area contributed by atoms with E-state index in [1.807, 2.05) is 43.6 Å². The lowest BCUT2D eigenvalue weighted by Gasteiger charge is -2.08. The van der Waals surface area contributed by atoms with Crippen LogP contribution in [0.15, 0.2) is 70.6 Å². The standard InChI is InChI=1S/C22H26N2OS/c1-5-8-20(26-21-15-19(25-4)13-11-17(21)2)10-7-6-9-18-12-14-22(23-3)24-16-18/h6-16H,5H2,1-4H3,(H,23,24)/b9-6+,10-7+,20-8+. The molecule has 0 aliphatic carbocycles. The van der Waals surface area contributed by atoms with Gasteiger partial charge in [-0.2, -0.15) is 0 Å². The Hall–Kier alpha value is -2.46. The normalized spacial score (nSPS) is 12.1. The highest BCUT2D eigenvalue weighted by Gasteiger charge is 2.03. The fourth-order valence-electron chi connectivity index (χ4n) is 2.26. The van der Waals surface area contributed by atoms with E-state index in [-0.39, 0.29) is 0 Å². The van der Waals surface area contributed by atoms with Crippen LogP contribution >= 0.6 is 11.8 Å². The van der Waals surface area contributed by atoms with Crippen molar-refractivity contribution >= 4 is 23.7 Å². The molecule has 1 heterocycles. The summed E-state index contributed by atoms with van der Waals surface area (Å²) in [5, 5.41) is 3.02. The molecule has 4 heteroatoms. The second kappa shape index (κ2) is 10.5. The smallest absolute Gasteiger partial charge is 0.125 e. The van der Waals surface area contributed by atoms with Crippen molar-refractivity contribution in [3.05, 3.63) is 76.9 Å². The molecule has 2 rings (SSSR count). The number of nitrogens with zero attached hydrogens (tertiary/aromatic N) is 1. The molecule has 26 heavy (non-hydrogen) atoms. The number of pyridine rings is 1. The number of aryl methyl sites for hydroxylation is 1. The van der Waals surface area contributed by atoms with Crippen LogP contribution in [0.25, 0.3) is 6.08 Å². The Labute approximate surface area is 160 Å². The summed E-state index contributed by atoms with van der Waals surface area (Å²) < 4.78 is 5.34. The van der Waals surface area contributed by atoms with Gasteiger partial charge in [0.2, 0.25) is 0 Å². The summed E-state index contributed by atoms with van der Waals surface area (Å²) in [4.78, 5) is 6.74. The Bertz CT molecular complexity index is 792. The largest absolute Gasteiger partial charge is 0.497 e. The lowest BCUT2D eigenvalue weighted by atomic mass is 10.2. The molecule has 0 spiro atoms. The van der Waals surface area contributed by atoms with Crippen LogP contribution in [0.5, 0.6) is 5.75 Å². The fourth-order valence-corrected chi connectivity index (χ4v) is 3.31. The molecule has 0 fully saturated rings. The van der Waals surface area contributed by atoms with Crippen molar-refractivity contribution < 1.29 is 4.74 Å². The molecule has 0 atom stereocenters. The number of nitrogens with one attached hydrogen (secondary N) is 1. The predicted octanol–water partition coefficient (Wildman–Crippen LogP) is 6.10. The van der Waals surface area contributed by atoms with E-state index >= 15 is 0 Å². The van der Waals surface area contributed by atoms with E-state index in [1.54, 1.807) is 18.9 Å². The average Bonchev–Trinajstić information content (AvgIpc) is 2.67. The SMILES string of the molecule is CC\C=C(/C=C/C=C/c1ccc(NC)nc1)Sc1cc(OC)ccc1C. The first-order valence-corrected chi connectivity index (χ1v) is 9.49. The van der Waals surface area contributed by atoms with Gasteiger partial charge in [0.25, 0.3) is 0 Å². The highest BCUT2D eigenvalue weighted by Crippen LogP contribution is 2.33. The fraction of sp³-hybridized carbons (Fsp3) is 0.227. The van der Waals surface area contributed by atoms with Gasteiger partial charge in [-0.05, 0) is 54.8 Å². The number of ether oxygens (including phenoxy) is 1. The van der Waals surface area contributed by atoms with Gasteiger partial charge in [0.15, 0.2) is 0 Å². The van der Waals surface area contributed by atoms with Crippen molar-refractivity contribution in [3.63, 3.8) is 0 Å². The Kier molecular flexibility index (Phi) is 8.03. The van der Waals surface area contributed by atoms with Crippen LogP contribution in [0.4, 0.5) is 5.82 Å². The summed E-state index contributed by atoms with van der Waals surface area (Å²) in [6.45, 7) is 4.27. The van der Waals surface area contributed by atoms with Gasteiger partial charge in [0.05, 0.1) is 7.11 Å².